The van der Waals surface area contributed by atoms with Gasteiger partial charge < -0.3 is 10.1 Å². The molecule has 1 N–H and O–H groups in total. The van der Waals surface area contributed by atoms with Crippen molar-refractivity contribution in [1.82, 2.24) is 0 Å². The van der Waals surface area contributed by atoms with Crippen molar-refractivity contribution < 1.29 is 9.53 Å². The lowest BCUT2D eigenvalue weighted by Crippen LogP contribution is -2.15. The molecular formula is C19H23Cl2NO2. The number of hydrogen-bond acceptors (Lipinski definition) is 2. The lowest BCUT2D eigenvalue weighted by Gasteiger charge is -2.07. The zero-order valence-electron chi connectivity index (χ0n) is 13.8. The molecular weight excluding hydrogens is 345 g/mol. The zero-order chi connectivity index (χ0) is 16.9. The average Bonchev–Trinajstić information content (AvgIpc) is 3.34. The van der Waals surface area contributed by atoms with E-state index in [1.54, 1.807) is 0 Å². The molecule has 0 spiro atoms. The monoisotopic (exact) mass is 367 g/mol. The second kappa shape index (κ2) is 6.10. The van der Waals surface area contributed by atoms with Gasteiger partial charge in [-0.15, -0.1) is 23.2 Å². The van der Waals surface area contributed by atoms with Crippen LogP contribution < -0.4 is 10.1 Å². The first-order valence-electron chi connectivity index (χ1n) is 8.94. The quantitative estimate of drug-likeness (QED) is 0.770. The summed E-state index contributed by atoms with van der Waals surface area (Å²) < 4.78 is 4.94. The highest BCUT2D eigenvalue weighted by Crippen LogP contribution is 2.67. The number of ether oxygens (including phenoxy) is 1. The summed E-state index contributed by atoms with van der Waals surface area (Å²) in [5, 5.41) is 3.06. The third-order valence-corrected chi connectivity index (χ3v) is 7.18. The van der Waals surface area contributed by atoms with E-state index in [1.165, 1.54) is 0 Å². The Balaban J connectivity index is 1.33. The number of benzene rings is 1. The maximum Gasteiger partial charge on any atom is 0.228 e. The van der Waals surface area contributed by atoms with Crippen LogP contribution in [0.25, 0.3) is 0 Å². The Morgan fingerprint density at radius 2 is 1.71 bits per heavy atom. The molecule has 3 fully saturated rings. The topological polar surface area (TPSA) is 38.3 Å². The van der Waals surface area contributed by atoms with Crippen molar-refractivity contribution in [3.05, 3.63) is 24.3 Å². The van der Waals surface area contributed by atoms with Gasteiger partial charge in [0.25, 0.3) is 0 Å². The first-order chi connectivity index (χ1) is 11.5. The van der Waals surface area contributed by atoms with Crippen molar-refractivity contribution in [3.8, 4) is 5.75 Å². The van der Waals surface area contributed by atoms with Crippen molar-refractivity contribution in [3.63, 3.8) is 0 Å². The van der Waals surface area contributed by atoms with Crippen molar-refractivity contribution in [1.29, 1.82) is 0 Å². The second-order valence-corrected chi connectivity index (χ2v) is 8.79. The van der Waals surface area contributed by atoms with Crippen molar-refractivity contribution >= 4 is 34.8 Å². The molecule has 130 valence electrons. The van der Waals surface area contributed by atoms with Gasteiger partial charge >= 0.3 is 0 Å². The van der Waals surface area contributed by atoms with Gasteiger partial charge in [-0.3, -0.25) is 4.79 Å². The summed E-state index contributed by atoms with van der Waals surface area (Å²) in [5.41, 5.74) is 0.839. The van der Waals surface area contributed by atoms with Crippen LogP contribution in [0.4, 0.5) is 5.69 Å². The molecule has 4 rings (SSSR count). The molecule has 0 heterocycles. The molecule has 5 heteroatoms. The van der Waals surface area contributed by atoms with E-state index in [2.05, 4.69) is 5.32 Å². The van der Waals surface area contributed by atoms with Gasteiger partial charge in [0.15, 0.2) is 0 Å². The smallest absolute Gasteiger partial charge is 0.228 e. The first-order valence-corrected chi connectivity index (χ1v) is 9.69. The number of fused-ring (bicyclic) bond motifs is 2. The van der Waals surface area contributed by atoms with Crippen LogP contribution in [0.1, 0.15) is 32.6 Å². The van der Waals surface area contributed by atoms with Gasteiger partial charge in [-0.2, -0.15) is 0 Å². The number of carbonyl (C=O) groups is 1. The van der Waals surface area contributed by atoms with Gasteiger partial charge in [0, 0.05) is 11.6 Å². The van der Waals surface area contributed by atoms with Gasteiger partial charge in [0.1, 0.15) is 10.1 Å². The van der Waals surface area contributed by atoms with E-state index in [0.717, 1.165) is 37.1 Å². The molecule has 3 nitrogen and oxygen atoms in total. The summed E-state index contributed by atoms with van der Waals surface area (Å²) in [6, 6.07) is 7.59. The van der Waals surface area contributed by atoms with Gasteiger partial charge in [0.2, 0.25) is 5.91 Å². The summed E-state index contributed by atoms with van der Waals surface area (Å²) >= 11 is 12.7. The van der Waals surface area contributed by atoms with E-state index in [1.807, 2.05) is 31.2 Å². The molecule has 24 heavy (non-hydrogen) atoms. The maximum atomic E-state index is 12.6. The van der Waals surface area contributed by atoms with Crippen LogP contribution >= 0.6 is 23.2 Å². The van der Waals surface area contributed by atoms with Crippen LogP contribution in [0.5, 0.6) is 5.75 Å². The molecule has 0 saturated heterocycles. The summed E-state index contributed by atoms with van der Waals surface area (Å²) in [7, 11) is 0. The highest BCUT2D eigenvalue weighted by molar-refractivity contribution is 6.51. The Hall–Kier alpha value is -0.930. The fraction of sp³-hybridized carbons (Fsp3) is 0.632. The number of rotatable bonds is 4. The van der Waals surface area contributed by atoms with Crippen LogP contribution in [0.3, 0.4) is 0 Å². The van der Waals surface area contributed by atoms with Crippen LogP contribution in [0, 0.1) is 29.6 Å². The van der Waals surface area contributed by atoms with Crippen LogP contribution in [0.15, 0.2) is 24.3 Å². The van der Waals surface area contributed by atoms with E-state index in [-0.39, 0.29) is 11.8 Å². The number of anilines is 1. The molecule has 0 unspecified atom stereocenters. The second-order valence-electron chi connectivity index (χ2n) is 7.34. The predicted molar refractivity (Wildman–Crippen MR) is 96.6 cm³/mol. The molecule has 1 aromatic carbocycles. The minimum Gasteiger partial charge on any atom is -0.494 e. The molecule has 3 aliphatic rings. The lowest BCUT2D eigenvalue weighted by atomic mass is 10.0. The predicted octanol–water partition coefficient (Wildman–Crippen LogP) is 4.88. The Morgan fingerprint density at radius 1 is 1.12 bits per heavy atom. The molecule has 1 aromatic rings. The number of hydrogen-bond donors (Lipinski definition) is 1. The van der Waals surface area contributed by atoms with Gasteiger partial charge in [-0.05, 0) is 80.5 Å². The standard InChI is InChI=1S/C19H23Cl2NO2/c1-2-24-12-5-3-11(4-6-12)22-18(23)17-13-7-9-15-16(19(15,20)21)10-8-14(13)17/h3-6,13-17H,2,7-10H2,1H3,(H,22,23)/t13-,14-,15-,16-/m1/s1. The molecule has 0 bridgehead atoms. The van der Waals surface area contributed by atoms with Crippen molar-refractivity contribution in [2.24, 2.45) is 29.6 Å². The number of amides is 1. The molecule has 0 aliphatic heterocycles. The number of carbonyl (C=O) groups excluding carboxylic acids is 1. The number of halogens is 2. The third kappa shape index (κ3) is 2.90. The summed E-state index contributed by atoms with van der Waals surface area (Å²) in [6.45, 7) is 2.60. The van der Waals surface area contributed by atoms with E-state index in [9.17, 15) is 4.79 Å². The highest BCUT2D eigenvalue weighted by atomic mass is 35.5. The largest absolute Gasteiger partial charge is 0.494 e. The Morgan fingerprint density at radius 3 is 2.25 bits per heavy atom. The van der Waals surface area contributed by atoms with Gasteiger partial charge in [-0.1, -0.05) is 0 Å². The van der Waals surface area contributed by atoms with Crippen LogP contribution in [0.2, 0.25) is 0 Å². The average molecular weight is 368 g/mol. The first kappa shape index (κ1) is 16.5. The molecule has 1 amide bonds. The SMILES string of the molecule is CCOc1ccc(NC(=O)C2[C@@H]3CC[C@@H]4[C@@H](CC[C@@H]23)C4(Cl)Cl)cc1. The minimum absolute atomic E-state index is 0.160. The fourth-order valence-corrected chi connectivity index (χ4v) is 5.56. The van der Waals surface area contributed by atoms with E-state index in [4.69, 9.17) is 27.9 Å². The molecule has 0 aromatic heterocycles. The summed E-state index contributed by atoms with van der Waals surface area (Å²) in [6.07, 6.45) is 4.28. The van der Waals surface area contributed by atoms with Crippen LogP contribution in [-0.2, 0) is 4.79 Å². The molecule has 3 saturated carbocycles. The van der Waals surface area contributed by atoms with Gasteiger partial charge in [0.05, 0.1) is 6.61 Å². The number of nitrogens with one attached hydrogen (secondary N) is 1. The molecule has 4 atom stereocenters. The normalized spacial score (nSPS) is 35.7. The summed E-state index contributed by atoms with van der Waals surface area (Å²) in [4.78, 5) is 12.6. The number of alkyl halides is 2. The minimum atomic E-state index is -0.489. The highest BCUT2D eigenvalue weighted by Gasteiger charge is 2.65. The van der Waals surface area contributed by atoms with E-state index < -0.39 is 4.33 Å². The Bertz CT molecular complexity index is 609. The third-order valence-electron chi connectivity index (χ3n) is 6.05. The Labute approximate surface area is 153 Å². The van der Waals surface area contributed by atoms with Crippen molar-refractivity contribution in [2.45, 2.75) is 36.9 Å². The Kier molecular flexibility index (Phi) is 4.20. The lowest BCUT2D eigenvalue weighted by molar-refractivity contribution is -0.117. The molecule has 0 radical (unpaired) electrons. The molecule has 3 aliphatic carbocycles. The van der Waals surface area contributed by atoms with E-state index >= 15 is 0 Å². The van der Waals surface area contributed by atoms with Crippen molar-refractivity contribution in [2.75, 3.05) is 11.9 Å². The van der Waals surface area contributed by atoms with Crippen LogP contribution in [-0.4, -0.2) is 16.8 Å². The van der Waals surface area contributed by atoms with Gasteiger partial charge in [-0.25, -0.2) is 0 Å². The zero-order valence-corrected chi connectivity index (χ0v) is 15.3. The van der Waals surface area contributed by atoms with E-state index in [0.29, 0.717) is 30.3 Å². The maximum absolute atomic E-state index is 12.6. The summed E-state index contributed by atoms with van der Waals surface area (Å²) in [5.74, 6) is 3.06. The fourth-order valence-electron chi connectivity index (χ4n) is 4.64.